The van der Waals surface area contributed by atoms with E-state index in [4.69, 9.17) is 16.3 Å². The molecular weight excluding hydrogens is 382 g/mol. The van der Waals surface area contributed by atoms with Crippen molar-refractivity contribution < 1.29 is 4.74 Å². The van der Waals surface area contributed by atoms with Crippen LogP contribution in [0.5, 0.6) is 5.75 Å². The molecule has 6 nitrogen and oxygen atoms in total. The van der Waals surface area contributed by atoms with Crippen LogP contribution in [0, 0.1) is 0 Å². The first-order chi connectivity index (χ1) is 13.2. The van der Waals surface area contributed by atoms with Crippen molar-refractivity contribution >= 4 is 34.3 Å². The van der Waals surface area contributed by atoms with Crippen molar-refractivity contribution in [1.29, 1.82) is 0 Å². The van der Waals surface area contributed by atoms with Gasteiger partial charge in [-0.15, -0.1) is 5.10 Å². The normalized spacial score (nSPS) is 11.0. The van der Waals surface area contributed by atoms with E-state index in [0.29, 0.717) is 17.3 Å². The van der Waals surface area contributed by atoms with Gasteiger partial charge in [0, 0.05) is 27.9 Å². The molecule has 0 amide bonds. The predicted octanol–water partition coefficient (Wildman–Crippen LogP) is 4.22. The van der Waals surface area contributed by atoms with E-state index in [2.05, 4.69) is 20.5 Å². The minimum absolute atomic E-state index is 0.584. The first kappa shape index (κ1) is 17.8. The van der Waals surface area contributed by atoms with Crippen molar-refractivity contribution in [2.75, 3.05) is 7.11 Å². The molecule has 0 atom stereocenters. The van der Waals surface area contributed by atoms with Crippen LogP contribution in [0.3, 0.4) is 0 Å². The molecule has 2 aromatic carbocycles. The fraction of sp³-hybridized carbons (Fsp3) is 0.158. The molecule has 0 aliphatic carbocycles. The summed E-state index contributed by atoms with van der Waals surface area (Å²) in [5.41, 5.74) is 2.99. The van der Waals surface area contributed by atoms with E-state index in [1.807, 2.05) is 48.5 Å². The molecular formula is C19H16ClN5OS. The third-order valence-electron chi connectivity index (χ3n) is 4.16. The van der Waals surface area contributed by atoms with Crippen molar-refractivity contribution in [3.05, 3.63) is 70.9 Å². The second-order valence-corrected chi connectivity index (χ2v) is 7.21. The molecule has 0 aliphatic heterocycles. The second-order valence-electron chi connectivity index (χ2n) is 5.86. The second kappa shape index (κ2) is 7.94. The number of hydrogen-bond acceptors (Lipinski definition) is 6. The number of ether oxygens (including phenoxy) is 1. The Balaban J connectivity index is 1.53. The highest BCUT2D eigenvalue weighted by Gasteiger charge is 2.12. The highest BCUT2D eigenvalue weighted by Crippen LogP contribution is 2.30. The van der Waals surface area contributed by atoms with Crippen LogP contribution in [0.2, 0.25) is 5.02 Å². The van der Waals surface area contributed by atoms with Gasteiger partial charge in [0.25, 0.3) is 0 Å². The van der Waals surface area contributed by atoms with E-state index in [1.54, 1.807) is 29.8 Å². The molecule has 0 spiro atoms. The molecule has 136 valence electrons. The maximum absolute atomic E-state index is 6.42. The Hall–Kier alpha value is -2.64. The predicted molar refractivity (Wildman–Crippen MR) is 106 cm³/mol. The first-order valence-corrected chi connectivity index (χ1v) is 9.65. The SMILES string of the molecule is COc1ccc(Cn2nnnc2SCc2c(Cl)ccc3cccnc23)cc1. The van der Waals surface area contributed by atoms with Crippen molar-refractivity contribution in [2.45, 2.75) is 17.5 Å². The molecule has 0 saturated carbocycles. The number of pyridine rings is 1. The van der Waals surface area contributed by atoms with Crippen molar-refractivity contribution in [3.63, 3.8) is 0 Å². The number of nitrogens with zero attached hydrogens (tertiary/aromatic N) is 5. The summed E-state index contributed by atoms with van der Waals surface area (Å²) >= 11 is 7.96. The molecule has 0 radical (unpaired) electrons. The molecule has 0 N–H and O–H groups in total. The number of tetrazole rings is 1. The average molecular weight is 398 g/mol. The summed E-state index contributed by atoms with van der Waals surface area (Å²) in [6.07, 6.45) is 1.78. The number of benzene rings is 2. The number of thioether (sulfide) groups is 1. The minimum atomic E-state index is 0.584. The van der Waals surface area contributed by atoms with Crippen LogP contribution in [0.25, 0.3) is 10.9 Å². The van der Waals surface area contributed by atoms with Gasteiger partial charge in [0.05, 0.1) is 19.2 Å². The topological polar surface area (TPSA) is 65.7 Å². The Kier molecular flexibility index (Phi) is 5.22. The van der Waals surface area contributed by atoms with Gasteiger partial charge >= 0.3 is 0 Å². The fourth-order valence-electron chi connectivity index (χ4n) is 2.76. The summed E-state index contributed by atoms with van der Waals surface area (Å²) in [4.78, 5) is 4.48. The number of aromatic nitrogens is 5. The Morgan fingerprint density at radius 3 is 2.78 bits per heavy atom. The zero-order valence-electron chi connectivity index (χ0n) is 14.5. The third kappa shape index (κ3) is 3.89. The minimum Gasteiger partial charge on any atom is -0.497 e. The number of methoxy groups -OCH3 is 1. The summed E-state index contributed by atoms with van der Waals surface area (Å²) in [6.45, 7) is 0.584. The van der Waals surface area contributed by atoms with E-state index in [9.17, 15) is 0 Å². The Morgan fingerprint density at radius 2 is 1.96 bits per heavy atom. The zero-order chi connectivity index (χ0) is 18.6. The summed E-state index contributed by atoms with van der Waals surface area (Å²) in [6, 6.07) is 15.7. The molecule has 2 aromatic heterocycles. The lowest BCUT2D eigenvalue weighted by molar-refractivity contribution is 0.414. The standard InChI is InChI=1S/C19H16ClN5OS/c1-26-15-7-4-13(5-8-15)11-25-19(22-23-24-25)27-12-16-17(20)9-6-14-3-2-10-21-18(14)16/h2-10H,11-12H2,1H3. The molecule has 0 aliphatic rings. The molecule has 8 heteroatoms. The van der Waals surface area contributed by atoms with E-state index in [-0.39, 0.29) is 0 Å². The molecule has 0 fully saturated rings. The number of hydrogen-bond donors (Lipinski definition) is 0. The summed E-state index contributed by atoms with van der Waals surface area (Å²) in [7, 11) is 1.65. The van der Waals surface area contributed by atoms with Gasteiger partial charge in [-0.25, -0.2) is 4.68 Å². The monoisotopic (exact) mass is 397 g/mol. The van der Waals surface area contributed by atoms with Crippen LogP contribution in [-0.4, -0.2) is 32.3 Å². The van der Waals surface area contributed by atoms with Crippen LogP contribution in [0.1, 0.15) is 11.1 Å². The highest BCUT2D eigenvalue weighted by molar-refractivity contribution is 7.98. The van der Waals surface area contributed by atoms with Gasteiger partial charge in [-0.3, -0.25) is 4.98 Å². The highest BCUT2D eigenvalue weighted by atomic mass is 35.5. The van der Waals surface area contributed by atoms with Gasteiger partial charge in [0.15, 0.2) is 0 Å². The summed E-state index contributed by atoms with van der Waals surface area (Å²) in [5.74, 6) is 1.46. The third-order valence-corrected chi connectivity index (χ3v) is 5.50. The number of fused-ring (bicyclic) bond motifs is 1. The Morgan fingerprint density at radius 1 is 1.11 bits per heavy atom. The van der Waals surface area contributed by atoms with Crippen molar-refractivity contribution in [3.8, 4) is 5.75 Å². The van der Waals surface area contributed by atoms with Gasteiger partial charge < -0.3 is 4.74 Å². The largest absolute Gasteiger partial charge is 0.497 e. The van der Waals surface area contributed by atoms with Gasteiger partial charge in [-0.1, -0.05) is 47.6 Å². The van der Waals surface area contributed by atoms with Crippen LogP contribution in [0.4, 0.5) is 0 Å². The lowest BCUT2D eigenvalue weighted by Gasteiger charge is -2.08. The van der Waals surface area contributed by atoms with Crippen LogP contribution in [-0.2, 0) is 12.3 Å². The molecule has 4 aromatic rings. The molecule has 0 unspecified atom stereocenters. The van der Waals surface area contributed by atoms with Crippen LogP contribution >= 0.6 is 23.4 Å². The number of rotatable bonds is 6. The fourth-order valence-corrected chi connectivity index (χ4v) is 3.97. The quantitative estimate of drug-likeness (QED) is 0.454. The van der Waals surface area contributed by atoms with E-state index in [0.717, 1.165) is 32.9 Å². The molecule has 4 rings (SSSR count). The van der Waals surface area contributed by atoms with Crippen LogP contribution in [0.15, 0.2) is 59.9 Å². The zero-order valence-corrected chi connectivity index (χ0v) is 16.1. The van der Waals surface area contributed by atoms with Gasteiger partial charge in [-0.05, 0) is 40.3 Å². The number of halogens is 1. The smallest absolute Gasteiger partial charge is 0.209 e. The average Bonchev–Trinajstić information content (AvgIpc) is 3.15. The first-order valence-electron chi connectivity index (χ1n) is 8.28. The van der Waals surface area contributed by atoms with Crippen molar-refractivity contribution in [2.24, 2.45) is 0 Å². The Bertz CT molecular complexity index is 1070. The molecule has 0 saturated heterocycles. The van der Waals surface area contributed by atoms with Gasteiger partial charge in [0.1, 0.15) is 5.75 Å². The summed E-state index contributed by atoms with van der Waals surface area (Å²) < 4.78 is 6.97. The van der Waals surface area contributed by atoms with Crippen LogP contribution < -0.4 is 4.74 Å². The Labute approximate surface area is 165 Å². The van der Waals surface area contributed by atoms with E-state index >= 15 is 0 Å². The molecule has 2 heterocycles. The molecule has 27 heavy (non-hydrogen) atoms. The maximum atomic E-state index is 6.42. The lowest BCUT2D eigenvalue weighted by Crippen LogP contribution is -2.04. The van der Waals surface area contributed by atoms with E-state index < -0.39 is 0 Å². The maximum Gasteiger partial charge on any atom is 0.209 e. The van der Waals surface area contributed by atoms with E-state index in [1.165, 1.54) is 0 Å². The van der Waals surface area contributed by atoms with Crippen molar-refractivity contribution in [1.82, 2.24) is 25.2 Å². The van der Waals surface area contributed by atoms with Gasteiger partial charge in [-0.2, -0.15) is 0 Å². The van der Waals surface area contributed by atoms with Gasteiger partial charge in [0.2, 0.25) is 5.16 Å². The lowest BCUT2D eigenvalue weighted by atomic mass is 10.1. The summed E-state index contributed by atoms with van der Waals surface area (Å²) in [5, 5.41) is 14.6. The molecule has 0 bridgehead atoms.